The number of nitrogens with one attached hydrogen (secondary N) is 1. The molecule has 1 heterocycles. The molecule has 0 aliphatic rings. The van der Waals surface area contributed by atoms with Gasteiger partial charge in [0.05, 0.1) is 22.4 Å². The first kappa shape index (κ1) is 18.7. The molecule has 0 saturated carbocycles. The van der Waals surface area contributed by atoms with Crippen molar-refractivity contribution in [2.75, 3.05) is 5.32 Å². The number of aromatic nitrogens is 2. The number of rotatable bonds is 6. The van der Waals surface area contributed by atoms with Crippen molar-refractivity contribution in [1.82, 2.24) is 9.78 Å². The van der Waals surface area contributed by atoms with E-state index in [0.717, 1.165) is 31.3 Å². The van der Waals surface area contributed by atoms with E-state index >= 15 is 0 Å². The maximum Gasteiger partial charge on any atom is 0.226 e. The zero-order chi connectivity index (χ0) is 18.5. The number of hydrogen-bond acceptors (Lipinski definition) is 3. The van der Waals surface area contributed by atoms with Crippen LogP contribution in [0.1, 0.15) is 17.8 Å². The van der Waals surface area contributed by atoms with Gasteiger partial charge < -0.3 is 5.32 Å². The quantitative estimate of drug-likeness (QED) is 0.566. The number of halogens is 1. The lowest BCUT2D eigenvalue weighted by Gasteiger charge is -2.11. The lowest BCUT2D eigenvalue weighted by Crippen LogP contribution is -2.16. The Bertz CT molecular complexity index is 909. The van der Waals surface area contributed by atoms with Gasteiger partial charge in [0, 0.05) is 21.9 Å². The van der Waals surface area contributed by atoms with Gasteiger partial charge in [-0.15, -0.1) is 0 Å². The highest BCUT2D eigenvalue weighted by atomic mass is 79.9. The summed E-state index contributed by atoms with van der Waals surface area (Å²) in [4.78, 5) is 14.6. The van der Waals surface area contributed by atoms with Crippen LogP contribution in [0.4, 0.5) is 5.69 Å². The highest BCUT2D eigenvalue weighted by Crippen LogP contribution is 2.33. The van der Waals surface area contributed by atoms with E-state index in [9.17, 15) is 4.79 Å². The molecule has 0 atom stereocenters. The molecule has 0 unspecified atom stereocenters. The topological polar surface area (TPSA) is 46.9 Å². The molecular formula is C20H20BrN3OS. The minimum atomic E-state index is -0.0187. The molecule has 0 bridgehead atoms. The van der Waals surface area contributed by atoms with Gasteiger partial charge in [0.1, 0.15) is 0 Å². The SMILES string of the molecule is Cc1nn(CCC(=O)Nc2ccccc2Sc2ccccc2)c(C)c1Br. The molecule has 3 aromatic rings. The normalized spacial score (nSPS) is 10.7. The molecule has 4 nitrogen and oxygen atoms in total. The molecule has 2 aromatic carbocycles. The number of amides is 1. The number of aryl methyl sites for hydroxylation is 2. The summed E-state index contributed by atoms with van der Waals surface area (Å²) in [7, 11) is 0. The Morgan fingerprint density at radius 2 is 1.81 bits per heavy atom. The first-order valence-corrected chi connectivity index (χ1v) is 9.97. The van der Waals surface area contributed by atoms with Crippen molar-refractivity contribution in [1.29, 1.82) is 0 Å². The molecule has 0 aliphatic carbocycles. The molecule has 1 N–H and O–H groups in total. The van der Waals surface area contributed by atoms with Crippen molar-refractivity contribution in [2.45, 2.75) is 36.6 Å². The fourth-order valence-electron chi connectivity index (χ4n) is 2.59. The molecule has 1 aromatic heterocycles. The van der Waals surface area contributed by atoms with E-state index in [2.05, 4.69) is 38.5 Å². The molecule has 3 rings (SSSR count). The highest BCUT2D eigenvalue weighted by molar-refractivity contribution is 9.10. The molecule has 0 aliphatic heterocycles. The van der Waals surface area contributed by atoms with E-state index in [0.29, 0.717) is 13.0 Å². The van der Waals surface area contributed by atoms with Crippen molar-refractivity contribution >= 4 is 39.3 Å². The number of benzene rings is 2. The monoisotopic (exact) mass is 429 g/mol. The van der Waals surface area contributed by atoms with Gasteiger partial charge in [0.25, 0.3) is 0 Å². The van der Waals surface area contributed by atoms with Gasteiger partial charge in [0.2, 0.25) is 5.91 Å². The van der Waals surface area contributed by atoms with Gasteiger partial charge in [-0.05, 0) is 54.0 Å². The van der Waals surface area contributed by atoms with Gasteiger partial charge in [0.15, 0.2) is 0 Å². The predicted molar refractivity (Wildman–Crippen MR) is 110 cm³/mol. The van der Waals surface area contributed by atoms with E-state index in [-0.39, 0.29) is 5.91 Å². The van der Waals surface area contributed by atoms with Crippen LogP contribution in [0.15, 0.2) is 68.9 Å². The van der Waals surface area contributed by atoms with Crippen molar-refractivity contribution in [3.8, 4) is 0 Å². The van der Waals surface area contributed by atoms with E-state index in [1.807, 2.05) is 61.0 Å². The van der Waals surface area contributed by atoms with Crippen LogP contribution in [0.2, 0.25) is 0 Å². The molecular weight excluding hydrogens is 410 g/mol. The van der Waals surface area contributed by atoms with Gasteiger partial charge in [-0.25, -0.2) is 0 Å². The lowest BCUT2D eigenvalue weighted by atomic mass is 10.3. The zero-order valence-electron chi connectivity index (χ0n) is 14.7. The second-order valence-electron chi connectivity index (χ2n) is 5.92. The summed E-state index contributed by atoms with van der Waals surface area (Å²) in [5.41, 5.74) is 2.81. The van der Waals surface area contributed by atoms with Gasteiger partial charge in [-0.2, -0.15) is 5.10 Å². The van der Waals surface area contributed by atoms with Crippen LogP contribution in [0, 0.1) is 13.8 Å². The maximum absolute atomic E-state index is 12.4. The number of nitrogens with zero attached hydrogens (tertiary/aromatic N) is 2. The summed E-state index contributed by atoms with van der Waals surface area (Å²) >= 11 is 5.16. The van der Waals surface area contributed by atoms with Crippen molar-refractivity contribution < 1.29 is 4.79 Å². The van der Waals surface area contributed by atoms with Gasteiger partial charge >= 0.3 is 0 Å². The Hall–Kier alpha value is -2.05. The standard InChI is InChI=1S/C20H20BrN3OS/c1-14-20(21)15(2)24(23-14)13-12-19(25)22-17-10-6-7-11-18(17)26-16-8-4-3-5-9-16/h3-11H,12-13H2,1-2H3,(H,22,25). The molecule has 134 valence electrons. The van der Waals surface area contributed by atoms with E-state index in [1.165, 1.54) is 0 Å². The Labute approximate surface area is 166 Å². The summed E-state index contributed by atoms with van der Waals surface area (Å²) in [5, 5.41) is 7.48. The summed E-state index contributed by atoms with van der Waals surface area (Å²) in [6, 6.07) is 18.0. The molecule has 0 spiro atoms. The molecule has 1 amide bonds. The molecule has 6 heteroatoms. The fraction of sp³-hybridized carbons (Fsp3) is 0.200. The molecule has 0 radical (unpaired) electrons. The van der Waals surface area contributed by atoms with Crippen molar-refractivity contribution in [3.05, 3.63) is 70.5 Å². The van der Waals surface area contributed by atoms with E-state index in [1.54, 1.807) is 11.8 Å². The molecule has 0 saturated heterocycles. The highest BCUT2D eigenvalue weighted by Gasteiger charge is 2.12. The van der Waals surface area contributed by atoms with Crippen LogP contribution < -0.4 is 5.32 Å². The Balaban J connectivity index is 1.65. The maximum atomic E-state index is 12.4. The minimum absolute atomic E-state index is 0.0187. The van der Waals surface area contributed by atoms with Crippen molar-refractivity contribution in [3.63, 3.8) is 0 Å². The second-order valence-corrected chi connectivity index (χ2v) is 7.83. The third-order valence-electron chi connectivity index (χ3n) is 3.98. The lowest BCUT2D eigenvalue weighted by molar-refractivity contribution is -0.116. The number of para-hydroxylation sites is 1. The zero-order valence-corrected chi connectivity index (χ0v) is 17.1. The van der Waals surface area contributed by atoms with Crippen LogP contribution in [-0.4, -0.2) is 15.7 Å². The summed E-state index contributed by atoms with van der Waals surface area (Å²) in [6.07, 6.45) is 0.374. The van der Waals surface area contributed by atoms with E-state index in [4.69, 9.17) is 0 Å². The number of hydrogen-bond donors (Lipinski definition) is 1. The van der Waals surface area contributed by atoms with E-state index < -0.39 is 0 Å². The fourth-order valence-corrected chi connectivity index (χ4v) is 3.79. The van der Waals surface area contributed by atoms with Crippen LogP contribution in [0.25, 0.3) is 0 Å². The van der Waals surface area contributed by atoms with Crippen LogP contribution in [-0.2, 0) is 11.3 Å². The van der Waals surface area contributed by atoms with Crippen LogP contribution in [0.3, 0.4) is 0 Å². The number of carbonyl (C=O) groups is 1. The van der Waals surface area contributed by atoms with Gasteiger partial charge in [-0.3, -0.25) is 9.48 Å². The minimum Gasteiger partial charge on any atom is -0.325 e. The average molecular weight is 430 g/mol. The smallest absolute Gasteiger partial charge is 0.226 e. The average Bonchev–Trinajstić information content (AvgIpc) is 2.89. The Morgan fingerprint density at radius 3 is 2.50 bits per heavy atom. The Kier molecular flexibility index (Phi) is 6.16. The summed E-state index contributed by atoms with van der Waals surface area (Å²) in [5.74, 6) is -0.0187. The summed E-state index contributed by atoms with van der Waals surface area (Å²) in [6.45, 7) is 4.50. The number of anilines is 1. The third-order valence-corrected chi connectivity index (χ3v) is 6.21. The number of carbonyl (C=O) groups excluding carboxylic acids is 1. The van der Waals surface area contributed by atoms with Crippen molar-refractivity contribution in [2.24, 2.45) is 0 Å². The van der Waals surface area contributed by atoms with Gasteiger partial charge in [-0.1, -0.05) is 42.1 Å². The van der Waals surface area contributed by atoms with Crippen LogP contribution in [0.5, 0.6) is 0 Å². The molecule has 0 fully saturated rings. The second kappa shape index (κ2) is 8.56. The third kappa shape index (κ3) is 4.56. The predicted octanol–water partition coefficient (Wildman–Crippen LogP) is 5.44. The summed E-state index contributed by atoms with van der Waals surface area (Å²) < 4.78 is 2.87. The first-order valence-electron chi connectivity index (χ1n) is 8.36. The largest absolute Gasteiger partial charge is 0.325 e. The van der Waals surface area contributed by atoms with Crippen LogP contribution >= 0.6 is 27.7 Å². The first-order chi connectivity index (χ1) is 12.5. The Morgan fingerprint density at radius 1 is 1.12 bits per heavy atom. The molecule has 26 heavy (non-hydrogen) atoms.